The molecule has 0 unspecified atom stereocenters. The summed E-state index contributed by atoms with van der Waals surface area (Å²) in [6.45, 7) is 0. The van der Waals surface area contributed by atoms with Crippen LogP contribution in [0, 0.1) is 0 Å². The first-order valence-electron chi connectivity index (χ1n) is 5.15. The fraction of sp³-hybridized carbons (Fsp3) is 0.0769. The highest BCUT2D eigenvalue weighted by Gasteiger charge is 2.14. The van der Waals surface area contributed by atoms with Gasteiger partial charge in [-0.3, -0.25) is 19.6 Å². The number of carbonyl (C=O) groups excluding carboxylic acids is 2. The van der Waals surface area contributed by atoms with E-state index in [0.717, 1.165) is 0 Å². The highest BCUT2D eigenvalue weighted by Crippen LogP contribution is 2.05. The second-order valence-electron chi connectivity index (χ2n) is 3.48. The number of hydrogen-bond donors (Lipinski definition) is 0. The van der Waals surface area contributed by atoms with E-state index in [0.29, 0.717) is 11.3 Å². The number of ketones is 2. The molecular weight excluding hydrogens is 216 g/mol. The largest absolute Gasteiger partial charge is 0.294 e. The first kappa shape index (κ1) is 11.1. The van der Waals surface area contributed by atoms with Gasteiger partial charge in [0.15, 0.2) is 11.6 Å². The summed E-state index contributed by atoms with van der Waals surface area (Å²) in [6.07, 6.45) is 4.38. The van der Waals surface area contributed by atoms with Crippen LogP contribution in [0.1, 0.15) is 27.3 Å². The van der Waals surface area contributed by atoms with E-state index in [-0.39, 0.29) is 18.0 Å². The molecule has 0 saturated carbocycles. The van der Waals surface area contributed by atoms with Gasteiger partial charge in [0.05, 0.1) is 6.42 Å². The minimum atomic E-state index is -0.278. The maximum absolute atomic E-state index is 11.7. The molecule has 0 N–H and O–H groups in total. The molecule has 0 aliphatic rings. The van der Waals surface area contributed by atoms with Crippen molar-refractivity contribution in [2.24, 2.45) is 0 Å². The Balaban J connectivity index is 2.08. The van der Waals surface area contributed by atoms with Gasteiger partial charge in [0.25, 0.3) is 0 Å². The van der Waals surface area contributed by atoms with E-state index in [9.17, 15) is 9.59 Å². The lowest BCUT2D eigenvalue weighted by atomic mass is 10.1. The summed E-state index contributed by atoms with van der Waals surface area (Å²) in [7, 11) is 0. The third-order valence-electron chi connectivity index (χ3n) is 2.26. The van der Waals surface area contributed by atoms with E-state index in [4.69, 9.17) is 0 Å². The van der Waals surface area contributed by atoms with Crippen molar-refractivity contribution in [1.82, 2.24) is 9.97 Å². The molecule has 0 aliphatic carbocycles. The quantitative estimate of drug-likeness (QED) is 0.590. The zero-order valence-corrected chi connectivity index (χ0v) is 9.04. The lowest BCUT2D eigenvalue weighted by molar-refractivity contribution is 0.0891. The molecule has 17 heavy (non-hydrogen) atoms. The van der Waals surface area contributed by atoms with Crippen molar-refractivity contribution in [3.05, 3.63) is 60.2 Å². The lowest BCUT2D eigenvalue weighted by Crippen LogP contribution is -2.09. The number of carbonyl (C=O) groups is 2. The third kappa shape index (κ3) is 2.81. The van der Waals surface area contributed by atoms with Crippen LogP contribution in [0.3, 0.4) is 0 Å². The van der Waals surface area contributed by atoms with E-state index < -0.39 is 0 Å². The molecule has 0 spiro atoms. The second-order valence-corrected chi connectivity index (χ2v) is 3.48. The van der Waals surface area contributed by atoms with Gasteiger partial charge in [-0.25, -0.2) is 0 Å². The lowest BCUT2D eigenvalue weighted by Gasteiger charge is -1.99. The predicted octanol–water partition coefficient (Wildman–Crippen LogP) is 1.93. The van der Waals surface area contributed by atoms with Gasteiger partial charge in [-0.15, -0.1) is 0 Å². The molecule has 0 fully saturated rings. The van der Waals surface area contributed by atoms with Crippen molar-refractivity contribution >= 4 is 11.6 Å². The van der Waals surface area contributed by atoms with E-state index in [1.54, 1.807) is 36.5 Å². The third-order valence-corrected chi connectivity index (χ3v) is 2.26. The van der Waals surface area contributed by atoms with E-state index in [1.807, 2.05) is 0 Å². The van der Waals surface area contributed by atoms with Crippen molar-refractivity contribution in [3.8, 4) is 0 Å². The zero-order chi connectivity index (χ0) is 12.1. The number of nitrogens with zero attached hydrogens (tertiary/aromatic N) is 2. The molecule has 0 aromatic carbocycles. The molecule has 2 heterocycles. The number of pyridine rings is 2. The van der Waals surface area contributed by atoms with E-state index in [2.05, 4.69) is 9.97 Å². The Labute approximate surface area is 98.3 Å². The topological polar surface area (TPSA) is 59.9 Å². The maximum Gasteiger partial charge on any atom is 0.188 e. The Hall–Kier alpha value is -2.36. The van der Waals surface area contributed by atoms with Crippen molar-refractivity contribution in [1.29, 1.82) is 0 Å². The summed E-state index contributed by atoms with van der Waals surface area (Å²) in [6, 6.07) is 8.34. The van der Waals surface area contributed by atoms with Crippen LogP contribution >= 0.6 is 0 Å². The smallest absolute Gasteiger partial charge is 0.188 e. The highest BCUT2D eigenvalue weighted by molar-refractivity contribution is 6.12. The van der Waals surface area contributed by atoms with Crippen LogP contribution < -0.4 is 0 Å². The molecule has 2 aromatic heterocycles. The minimum Gasteiger partial charge on any atom is -0.294 e. The second kappa shape index (κ2) is 5.12. The molecule has 4 nitrogen and oxygen atoms in total. The van der Waals surface area contributed by atoms with E-state index in [1.165, 1.54) is 12.4 Å². The summed E-state index contributed by atoms with van der Waals surface area (Å²) in [5, 5.41) is 0. The first-order valence-corrected chi connectivity index (χ1v) is 5.15. The van der Waals surface area contributed by atoms with Crippen LogP contribution in [0.4, 0.5) is 0 Å². The molecule has 2 rings (SSSR count). The summed E-state index contributed by atoms with van der Waals surface area (Å²) >= 11 is 0. The zero-order valence-electron chi connectivity index (χ0n) is 9.04. The SMILES string of the molecule is O=C(CC(=O)c1ccccn1)c1cccnc1. The van der Waals surface area contributed by atoms with E-state index >= 15 is 0 Å². The molecule has 4 heteroatoms. The molecule has 0 saturated heterocycles. The Kier molecular flexibility index (Phi) is 3.35. The Morgan fingerprint density at radius 1 is 1.00 bits per heavy atom. The standard InChI is InChI=1S/C13H10N2O2/c16-12(10-4-3-6-14-9-10)8-13(17)11-5-1-2-7-15-11/h1-7,9H,8H2. The van der Waals surface area contributed by atoms with Gasteiger partial charge in [0, 0.05) is 24.2 Å². The molecule has 0 radical (unpaired) electrons. The molecule has 2 aromatic rings. The van der Waals surface area contributed by atoms with Crippen LogP contribution in [0.25, 0.3) is 0 Å². The monoisotopic (exact) mass is 226 g/mol. The Morgan fingerprint density at radius 2 is 1.88 bits per heavy atom. The van der Waals surface area contributed by atoms with Crippen LogP contribution in [0.2, 0.25) is 0 Å². The molecule has 0 atom stereocenters. The number of rotatable bonds is 4. The highest BCUT2D eigenvalue weighted by atomic mass is 16.1. The van der Waals surface area contributed by atoms with Crippen molar-refractivity contribution in [3.63, 3.8) is 0 Å². The van der Waals surface area contributed by atoms with Crippen molar-refractivity contribution in [2.45, 2.75) is 6.42 Å². The maximum atomic E-state index is 11.7. The van der Waals surface area contributed by atoms with Crippen molar-refractivity contribution in [2.75, 3.05) is 0 Å². The van der Waals surface area contributed by atoms with Gasteiger partial charge >= 0.3 is 0 Å². The average molecular weight is 226 g/mol. The average Bonchev–Trinajstić information content (AvgIpc) is 2.40. The summed E-state index contributed by atoms with van der Waals surface area (Å²) in [4.78, 5) is 31.2. The summed E-state index contributed by atoms with van der Waals surface area (Å²) < 4.78 is 0. The predicted molar refractivity (Wildman–Crippen MR) is 61.8 cm³/mol. The van der Waals surface area contributed by atoms with Gasteiger partial charge in [-0.05, 0) is 24.3 Å². The normalized spacial score (nSPS) is 9.88. The van der Waals surface area contributed by atoms with Crippen LogP contribution in [0.15, 0.2) is 48.9 Å². The number of hydrogen-bond acceptors (Lipinski definition) is 4. The number of Topliss-reactive ketones (excluding diaryl/α,β-unsaturated/α-hetero) is 2. The first-order chi connectivity index (χ1) is 8.27. The molecule has 0 aliphatic heterocycles. The molecule has 0 amide bonds. The van der Waals surface area contributed by atoms with Gasteiger partial charge in [0.2, 0.25) is 0 Å². The van der Waals surface area contributed by atoms with Crippen LogP contribution in [0.5, 0.6) is 0 Å². The van der Waals surface area contributed by atoms with Gasteiger partial charge in [0.1, 0.15) is 5.69 Å². The van der Waals surface area contributed by atoms with Gasteiger partial charge in [-0.2, -0.15) is 0 Å². The summed E-state index contributed by atoms with van der Waals surface area (Å²) in [5.41, 5.74) is 0.751. The Bertz CT molecular complexity index is 474. The van der Waals surface area contributed by atoms with Gasteiger partial charge in [-0.1, -0.05) is 6.07 Å². The van der Waals surface area contributed by atoms with Crippen LogP contribution in [-0.4, -0.2) is 21.5 Å². The fourth-order valence-corrected chi connectivity index (χ4v) is 1.39. The Morgan fingerprint density at radius 3 is 2.53 bits per heavy atom. The molecule has 84 valence electrons. The fourth-order valence-electron chi connectivity index (χ4n) is 1.39. The van der Waals surface area contributed by atoms with Gasteiger partial charge < -0.3 is 0 Å². The van der Waals surface area contributed by atoms with Crippen LogP contribution in [-0.2, 0) is 0 Å². The number of aromatic nitrogens is 2. The molecule has 0 bridgehead atoms. The summed E-state index contributed by atoms with van der Waals surface area (Å²) in [5.74, 6) is -0.520. The minimum absolute atomic E-state index is 0.178. The van der Waals surface area contributed by atoms with Crippen molar-refractivity contribution < 1.29 is 9.59 Å². The molecular formula is C13H10N2O2.